The highest BCUT2D eigenvalue weighted by Crippen LogP contribution is 2.69. The Morgan fingerprint density at radius 2 is 1.65 bits per heavy atom. The van der Waals surface area contributed by atoms with Gasteiger partial charge in [0.15, 0.2) is 0 Å². The normalized spacial score (nSPS) is 41.9. The molecule has 224 valence electrons. The molecular formula is C33H51NO5S. The summed E-state index contributed by atoms with van der Waals surface area (Å²) in [6, 6.07) is 8.15. The maximum absolute atomic E-state index is 13.0. The number of nitrogens with zero attached hydrogens (tertiary/aromatic N) is 1. The zero-order chi connectivity index (χ0) is 29.0. The number of rotatable bonds is 7. The van der Waals surface area contributed by atoms with E-state index in [9.17, 15) is 23.4 Å². The first-order valence-electron chi connectivity index (χ1n) is 15.8. The van der Waals surface area contributed by atoms with Gasteiger partial charge in [0.05, 0.1) is 17.1 Å². The van der Waals surface area contributed by atoms with Crippen molar-refractivity contribution in [2.75, 3.05) is 7.05 Å². The van der Waals surface area contributed by atoms with Crippen molar-refractivity contribution in [3.8, 4) is 0 Å². The van der Waals surface area contributed by atoms with Gasteiger partial charge in [0.2, 0.25) is 5.91 Å². The van der Waals surface area contributed by atoms with Gasteiger partial charge in [0.1, 0.15) is 0 Å². The van der Waals surface area contributed by atoms with E-state index in [0.717, 1.165) is 55.7 Å². The topological polar surface area (TPSA) is 94.9 Å². The molecule has 0 spiro atoms. The van der Waals surface area contributed by atoms with Gasteiger partial charge in [-0.15, -0.1) is 0 Å². The lowest BCUT2D eigenvalue weighted by atomic mass is 9.41. The van der Waals surface area contributed by atoms with Crippen LogP contribution in [0.2, 0.25) is 0 Å². The van der Waals surface area contributed by atoms with Crippen LogP contribution < -0.4 is 0 Å². The van der Waals surface area contributed by atoms with E-state index in [2.05, 4.69) is 27.7 Å². The van der Waals surface area contributed by atoms with Gasteiger partial charge < -0.3 is 10.2 Å². The predicted octanol–water partition coefficient (Wildman–Crippen LogP) is 5.88. The van der Waals surface area contributed by atoms with Crippen molar-refractivity contribution in [1.82, 2.24) is 4.31 Å². The Morgan fingerprint density at radius 3 is 2.33 bits per heavy atom. The average Bonchev–Trinajstić information content (AvgIpc) is 3.30. The third-order valence-electron chi connectivity index (χ3n) is 12.7. The Bertz CT molecular complexity index is 1170. The fourth-order valence-electron chi connectivity index (χ4n) is 10.5. The summed E-state index contributed by atoms with van der Waals surface area (Å²) in [6.07, 6.45) is 8.61. The first-order valence-corrected chi connectivity index (χ1v) is 17.2. The van der Waals surface area contributed by atoms with Gasteiger partial charge in [0, 0.05) is 13.5 Å². The number of aliphatic hydroxyl groups is 2. The van der Waals surface area contributed by atoms with Crippen molar-refractivity contribution in [3.05, 3.63) is 30.3 Å². The van der Waals surface area contributed by atoms with Crippen LogP contribution in [0.5, 0.6) is 0 Å². The molecule has 6 nitrogen and oxygen atoms in total. The van der Waals surface area contributed by atoms with Gasteiger partial charge >= 0.3 is 0 Å². The number of benzene rings is 1. The van der Waals surface area contributed by atoms with Gasteiger partial charge in [-0.1, -0.05) is 52.3 Å². The largest absolute Gasteiger partial charge is 0.393 e. The number of hydrogen-bond donors (Lipinski definition) is 2. The van der Waals surface area contributed by atoms with Crippen LogP contribution in [0.4, 0.5) is 0 Å². The molecule has 2 unspecified atom stereocenters. The molecule has 0 heterocycles. The Hall–Kier alpha value is -1.44. The molecule has 0 radical (unpaired) electrons. The lowest BCUT2D eigenvalue weighted by Crippen LogP contribution is -2.62. The van der Waals surface area contributed by atoms with Gasteiger partial charge in [-0.3, -0.25) is 4.79 Å². The molecule has 1 amide bonds. The highest BCUT2D eigenvalue weighted by atomic mass is 32.2. The molecule has 0 bridgehead atoms. The molecule has 1 aromatic rings. The smallest absolute Gasteiger partial charge is 0.266 e. The van der Waals surface area contributed by atoms with Crippen LogP contribution in [0.1, 0.15) is 91.9 Å². The summed E-state index contributed by atoms with van der Waals surface area (Å²) in [5.41, 5.74) is 0.318. The van der Waals surface area contributed by atoms with Crippen LogP contribution in [0.25, 0.3) is 0 Å². The maximum atomic E-state index is 13.0. The van der Waals surface area contributed by atoms with E-state index < -0.39 is 10.0 Å². The number of aliphatic hydroxyl groups excluding tert-OH is 2. The first kappa shape index (κ1) is 30.0. The number of carbonyl (C=O) groups excluding carboxylic acids is 1. The summed E-state index contributed by atoms with van der Waals surface area (Å²) in [4.78, 5) is 13.2. The van der Waals surface area contributed by atoms with Crippen LogP contribution >= 0.6 is 0 Å². The Balaban J connectivity index is 1.29. The second kappa shape index (κ2) is 11.0. The maximum Gasteiger partial charge on any atom is 0.266 e. The summed E-state index contributed by atoms with van der Waals surface area (Å²) in [7, 11) is -2.47. The van der Waals surface area contributed by atoms with Gasteiger partial charge in [-0.25, -0.2) is 12.7 Å². The lowest BCUT2D eigenvalue weighted by molar-refractivity contribution is -0.203. The first-order chi connectivity index (χ1) is 18.9. The predicted molar refractivity (Wildman–Crippen MR) is 157 cm³/mol. The van der Waals surface area contributed by atoms with Crippen molar-refractivity contribution < 1.29 is 23.4 Å². The Morgan fingerprint density at radius 1 is 1.00 bits per heavy atom. The van der Waals surface area contributed by atoms with E-state index in [4.69, 9.17) is 0 Å². The minimum absolute atomic E-state index is 0.127. The molecule has 5 rings (SSSR count). The van der Waals surface area contributed by atoms with E-state index in [1.807, 2.05) is 0 Å². The standard InChI is InChI=1S/C33H51NO5S/c1-6-24-28-20-22(35)16-18-33(28,4)27-17-19-32(3)25(13-14-26(32)30(27)31(24)37)21(2)12-15-29(36)34(5)40(38,39)23-10-8-7-9-11-23/h7-11,21-22,24-28,30-31,35,37H,6,12-20H2,1-5H3/t21-,22-,24-,25-,26+,27+,28+,30?,31-,32-,33?/m1/s1. The molecule has 40 heavy (non-hydrogen) atoms. The molecule has 0 aliphatic heterocycles. The fourth-order valence-corrected chi connectivity index (χ4v) is 11.7. The van der Waals surface area contributed by atoms with Crippen LogP contribution in [-0.4, -0.2) is 48.1 Å². The summed E-state index contributed by atoms with van der Waals surface area (Å²) < 4.78 is 26.8. The van der Waals surface area contributed by atoms with E-state index in [1.54, 1.807) is 18.2 Å². The average molecular weight is 574 g/mol. The Kier molecular flexibility index (Phi) is 8.26. The second-order valence-electron chi connectivity index (χ2n) is 14.3. The number of hydrogen-bond acceptors (Lipinski definition) is 5. The zero-order valence-corrected chi connectivity index (χ0v) is 25.9. The van der Waals surface area contributed by atoms with Crippen LogP contribution in [-0.2, 0) is 14.8 Å². The number of carbonyl (C=O) groups is 1. The summed E-state index contributed by atoms with van der Waals surface area (Å²) in [5, 5.41) is 22.4. The summed E-state index contributed by atoms with van der Waals surface area (Å²) in [5.74, 6) is 2.35. The molecule has 4 saturated carbocycles. The molecule has 11 atom stereocenters. The fraction of sp³-hybridized carbons (Fsp3) is 0.788. The van der Waals surface area contributed by atoms with E-state index >= 15 is 0 Å². The number of sulfonamides is 1. The highest BCUT2D eigenvalue weighted by Gasteiger charge is 2.64. The van der Waals surface area contributed by atoms with Gasteiger partial charge in [0.25, 0.3) is 10.0 Å². The molecule has 2 N–H and O–H groups in total. The van der Waals surface area contributed by atoms with Crippen LogP contribution in [0.3, 0.4) is 0 Å². The summed E-state index contributed by atoms with van der Waals surface area (Å²) in [6.45, 7) is 9.38. The van der Waals surface area contributed by atoms with E-state index in [1.165, 1.54) is 19.2 Å². The second-order valence-corrected chi connectivity index (χ2v) is 16.3. The molecule has 1 aromatic carbocycles. The van der Waals surface area contributed by atoms with Crippen molar-refractivity contribution in [2.45, 2.75) is 109 Å². The molecular weight excluding hydrogens is 522 g/mol. The Labute approximate surface area is 242 Å². The molecule has 0 saturated heterocycles. The third kappa shape index (κ3) is 4.76. The van der Waals surface area contributed by atoms with Crippen molar-refractivity contribution in [3.63, 3.8) is 0 Å². The van der Waals surface area contributed by atoms with Crippen molar-refractivity contribution in [1.29, 1.82) is 0 Å². The minimum Gasteiger partial charge on any atom is -0.393 e. The third-order valence-corrected chi connectivity index (χ3v) is 14.5. The monoisotopic (exact) mass is 573 g/mol. The van der Waals surface area contributed by atoms with Crippen molar-refractivity contribution >= 4 is 15.9 Å². The molecule has 0 aromatic heterocycles. The summed E-state index contributed by atoms with van der Waals surface area (Å²) >= 11 is 0. The molecule has 7 heteroatoms. The molecule has 4 aliphatic rings. The highest BCUT2D eigenvalue weighted by molar-refractivity contribution is 7.89. The molecule has 4 aliphatic carbocycles. The van der Waals surface area contributed by atoms with Crippen LogP contribution in [0.15, 0.2) is 35.2 Å². The van der Waals surface area contributed by atoms with E-state index in [-0.39, 0.29) is 46.2 Å². The lowest BCUT2D eigenvalue weighted by Gasteiger charge is -2.64. The SMILES string of the molecule is CC[C@H]1[C@@H](O)C2[C@H](CC[C@]3(C)[C@@H]([C@H](C)CCC(=O)N(C)S(=O)(=O)c4ccccc4)CC[C@@H]23)C2(C)CC[C@@H](O)C[C@@H]12. The zero-order valence-electron chi connectivity index (χ0n) is 25.1. The van der Waals surface area contributed by atoms with Gasteiger partial charge in [-0.05, 0) is 116 Å². The molecule has 4 fully saturated rings. The van der Waals surface area contributed by atoms with Crippen LogP contribution in [0, 0.1) is 52.3 Å². The number of amides is 1. The van der Waals surface area contributed by atoms with Gasteiger partial charge in [-0.2, -0.15) is 0 Å². The quantitative estimate of drug-likeness (QED) is 0.425. The van der Waals surface area contributed by atoms with E-state index in [0.29, 0.717) is 41.9 Å². The minimum atomic E-state index is -3.84. The number of fused-ring (bicyclic) bond motifs is 5. The van der Waals surface area contributed by atoms with Crippen molar-refractivity contribution in [2.24, 2.45) is 52.3 Å².